The number of nitro groups is 1. The normalized spacial score (nSPS) is 12.4. The van der Waals surface area contributed by atoms with Gasteiger partial charge in [0.25, 0.3) is 11.6 Å². The second-order valence-corrected chi connectivity index (χ2v) is 5.87. The van der Waals surface area contributed by atoms with Crippen molar-refractivity contribution >= 4 is 23.2 Å². The third-order valence-corrected chi connectivity index (χ3v) is 4.17. The van der Waals surface area contributed by atoms with Gasteiger partial charge in [0.1, 0.15) is 5.75 Å². The van der Waals surface area contributed by atoms with Crippen LogP contribution in [0.2, 0.25) is 5.02 Å². The average molecular weight is 347 g/mol. The largest absolute Gasteiger partial charge is 0.493 e. The minimum atomic E-state index is -0.550. The van der Waals surface area contributed by atoms with Gasteiger partial charge < -0.3 is 10.1 Å². The maximum atomic E-state index is 12.1. The lowest BCUT2D eigenvalue weighted by atomic mass is 10.1. The number of carbonyl (C=O) groups is 1. The molecular weight excluding hydrogens is 332 g/mol. The smallest absolute Gasteiger partial charge is 0.270 e. The quantitative estimate of drug-likeness (QED) is 0.666. The van der Waals surface area contributed by atoms with E-state index in [9.17, 15) is 14.9 Å². The van der Waals surface area contributed by atoms with E-state index in [1.165, 1.54) is 23.8 Å². The van der Waals surface area contributed by atoms with Gasteiger partial charge in [-0.1, -0.05) is 23.7 Å². The van der Waals surface area contributed by atoms with Crippen molar-refractivity contribution in [2.24, 2.45) is 0 Å². The molecule has 0 saturated heterocycles. The number of halogens is 1. The standard InChI is InChI=1S/C17H15ClN2O4/c18-15-10-13(20(22)23)2-3-14(15)17(21)19-7-5-11-1-4-16-12(9-11)6-8-24-16/h1-4,9-10H,5-8H2,(H,19,21). The molecule has 1 amide bonds. The van der Waals surface area contributed by atoms with Crippen molar-refractivity contribution in [2.45, 2.75) is 12.8 Å². The van der Waals surface area contributed by atoms with E-state index in [0.29, 0.717) is 19.6 Å². The SMILES string of the molecule is O=C(NCCc1ccc2c(c1)CCO2)c1ccc([N+](=O)[O-])cc1Cl. The number of hydrogen-bond acceptors (Lipinski definition) is 4. The zero-order valence-electron chi connectivity index (χ0n) is 12.8. The average Bonchev–Trinajstić information content (AvgIpc) is 3.02. The summed E-state index contributed by atoms with van der Waals surface area (Å²) >= 11 is 5.95. The Morgan fingerprint density at radius 1 is 1.29 bits per heavy atom. The molecule has 124 valence electrons. The Hall–Kier alpha value is -2.60. The van der Waals surface area contributed by atoms with Crippen LogP contribution in [0, 0.1) is 10.1 Å². The molecule has 2 aromatic rings. The van der Waals surface area contributed by atoms with E-state index in [1.54, 1.807) is 0 Å². The van der Waals surface area contributed by atoms with Crippen LogP contribution in [0.1, 0.15) is 21.5 Å². The molecule has 0 atom stereocenters. The lowest BCUT2D eigenvalue weighted by molar-refractivity contribution is -0.384. The van der Waals surface area contributed by atoms with Crippen molar-refractivity contribution in [3.63, 3.8) is 0 Å². The Morgan fingerprint density at radius 2 is 2.12 bits per heavy atom. The highest BCUT2D eigenvalue weighted by molar-refractivity contribution is 6.34. The molecule has 6 nitrogen and oxygen atoms in total. The minimum Gasteiger partial charge on any atom is -0.493 e. The molecular formula is C17H15ClN2O4. The van der Waals surface area contributed by atoms with Gasteiger partial charge in [-0.3, -0.25) is 14.9 Å². The highest BCUT2D eigenvalue weighted by Gasteiger charge is 2.15. The Balaban J connectivity index is 1.59. The molecule has 1 N–H and O–H groups in total. The summed E-state index contributed by atoms with van der Waals surface area (Å²) in [7, 11) is 0. The van der Waals surface area contributed by atoms with Crippen molar-refractivity contribution < 1.29 is 14.5 Å². The van der Waals surface area contributed by atoms with Crippen molar-refractivity contribution in [2.75, 3.05) is 13.2 Å². The first kappa shape index (κ1) is 16.3. The van der Waals surface area contributed by atoms with Crippen LogP contribution in [-0.2, 0) is 12.8 Å². The lowest BCUT2D eigenvalue weighted by Gasteiger charge is -2.08. The molecule has 7 heteroatoms. The van der Waals surface area contributed by atoms with Gasteiger partial charge in [-0.15, -0.1) is 0 Å². The summed E-state index contributed by atoms with van der Waals surface area (Å²) in [6.45, 7) is 1.17. The first-order valence-electron chi connectivity index (χ1n) is 7.51. The van der Waals surface area contributed by atoms with Crippen LogP contribution < -0.4 is 10.1 Å². The fraction of sp³-hybridized carbons (Fsp3) is 0.235. The zero-order valence-corrected chi connectivity index (χ0v) is 13.5. The van der Waals surface area contributed by atoms with Crippen molar-refractivity contribution in [1.29, 1.82) is 0 Å². The van der Waals surface area contributed by atoms with Gasteiger partial charge in [0.15, 0.2) is 0 Å². The topological polar surface area (TPSA) is 81.5 Å². The Labute approximate surface area is 143 Å². The predicted octanol–water partition coefficient (Wildman–Crippen LogP) is 3.16. The molecule has 0 fully saturated rings. The van der Waals surface area contributed by atoms with E-state index in [4.69, 9.17) is 16.3 Å². The van der Waals surface area contributed by atoms with Crippen molar-refractivity contribution in [3.05, 3.63) is 68.2 Å². The number of benzene rings is 2. The van der Waals surface area contributed by atoms with Crippen LogP contribution in [0.3, 0.4) is 0 Å². The summed E-state index contributed by atoms with van der Waals surface area (Å²) in [6, 6.07) is 9.83. The minimum absolute atomic E-state index is 0.0661. The summed E-state index contributed by atoms with van der Waals surface area (Å²) in [5.74, 6) is 0.583. The number of amides is 1. The van der Waals surface area contributed by atoms with Crippen LogP contribution in [0.5, 0.6) is 5.75 Å². The summed E-state index contributed by atoms with van der Waals surface area (Å²) in [6.07, 6.45) is 1.59. The van der Waals surface area contributed by atoms with Gasteiger partial charge in [-0.25, -0.2) is 0 Å². The number of ether oxygens (including phenoxy) is 1. The van der Waals surface area contributed by atoms with Crippen LogP contribution in [-0.4, -0.2) is 24.0 Å². The van der Waals surface area contributed by atoms with Crippen LogP contribution in [0.25, 0.3) is 0 Å². The molecule has 0 aliphatic carbocycles. The maximum Gasteiger partial charge on any atom is 0.270 e. The molecule has 3 rings (SSSR count). The highest BCUT2D eigenvalue weighted by Crippen LogP contribution is 2.26. The molecule has 0 saturated carbocycles. The van der Waals surface area contributed by atoms with Crippen molar-refractivity contribution in [1.82, 2.24) is 5.32 Å². The number of carbonyl (C=O) groups excluding carboxylic acids is 1. The number of nitrogens with zero attached hydrogens (tertiary/aromatic N) is 1. The van der Waals surface area contributed by atoms with Gasteiger partial charge in [0.05, 0.1) is 22.1 Å². The summed E-state index contributed by atoms with van der Waals surface area (Å²) in [4.78, 5) is 22.3. The fourth-order valence-electron chi connectivity index (χ4n) is 2.61. The number of rotatable bonds is 5. The molecule has 2 aromatic carbocycles. The molecule has 1 heterocycles. The lowest BCUT2D eigenvalue weighted by Crippen LogP contribution is -2.26. The monoisotopic (exact) mass is 346 g/mol. The summed E-state index contributed by atoms with van der Waals surface area (Å²) < 4.78 is 5.46. The Kier molecular flexibility index (Phi) is 4.66. The van der Waals surface area contributed by atoms with E-state index >= 15 is 0 Å². The predicted molar refractivity (Wildman–Crippen MR) is 89.8 cm³/mol. The van der Waals surface area contributed by atoms with E-state index < -0.39 is 4.92 Å². The Morgan fingerprint density at radius 3 is 2.88 bits per heavy atom. The number of nitro benzene ring substituents is 1. The molecule has 1 aliphatic heterocycles. The van der Waals surface area contributed by atoms with Gasteiger partial charge in [-0.2, -0.15) is 0 Å². The zero-order chi connectivity index (χ0) is 17.1. The molecule has 0 spiro atoms. The second kappa shape index (κ2) is 6.88. The van der Waals surface area contributed by atoms with E-state index in [2.05, 4.69) is 11.4 Å². The highest BCUT2D eigenvalue weighted by atomic mass is 35.5. The third-order valence-electron chi connectivity index (χ3n) is 3.86. The summed E-state index contributed by atoms with van der Waals surface area (Å²) in [5, 5.41) is 13.5. The molecule has 24 heavy (non-hydrogen) atoms. The third kappa shape index (κ3) is 3.49. The number of nitrogens with one attached hydrogen (secondary N) is 1. The van der Waals surface area contributed by atoms with Crippen LogP contribution >= 0.6 is 11.6 Å². The first-order chi connectivity index (χ1) is 11.5. The molecule has 1 aliphatic rings. The molecule has 0 aromatic heterocycles. The van der Waals surface area contributed by atoms with Gasteiger partial charge in [0.2, 0.25) is 0 Å². The number of hydrogen-bond donors (Lipinski definition) is 1. The molecule has 0 radical (unpaired) electrons. The molecule has 0 bridgehead atoms. The van der Waals surface area contributed by atoms with Gasteiger partial charge >= 0.3 is 0 Å². The van der Waals surface area contributed by atoms with Crippen LogP contribution in [0.4, 0.5) is 5.69 Å². The van der Waals surface area contributed by atoms with E-state index in [-0.39, 0.29) is 22.2 Å². The number of fused-ring (bicyclic) bond motifs is 1. The second-order valence-electron chi connectivity index (χ2n) is 5.47. The van der Waals surface area contributed by atoms with Crippen molar-refractivity contribution in [3.8, 4) is 5.75 Å². The van der Waals surface area contributed by atoms with Gasteiger partial charge in [0, 0.05) is 25.1 Å². The van der Waals surface area contributed by atoms with Crippen LogP contribution in [0.15, 0.2) is 36.4 Å². The summed E-state index contributed by atoms with van der Waals surface area (Å²) in [5.41, 5.74) is 2.40. The number of non-ortho nitro benzene ring substituents is 1. The Bertz CT molecular complexity index is 807. The fourth-order valence-corrected chi connectivity index (χ4v) is 2.87. The van der Waals surface area contributed by atoms with Gasteiger partial charge in [-0.05, 0) is 29.7 Å². The van der Waals surface area contributed by atoms with E-state index in [1.807, 2.05) is 12.1 Å². The first-order valence-corrected chi connectivity index (χ1v) is 7.89. The molecule has 0 unspecified atom stereocenters. The maximum absolute atomic E-state index is 12.1. The van der Waals surface area contributed by atoms with E-state index in [0.717, 1.165) is 17.7 Å².